The van der Waals surface area contributed by atoms with Crippen LogP contribution in [0.1, 0.15) is 27.2 Å². The summed E-state index contributed by atoms with van der Waals surface area (Å²) < 4.78 is 0. The van der Waals surface area contributed by atoms with Gasteiger partial charge in [-0.25, -0.2) is 0 Å². The summed E-state index contributed by atoms with van der Waals surface area (Å²) in [5, 5.41) is 27.7. The average molecular weight is 162 g/mol. The quantitative estimate of drug-likeness (QED) is 0.551. The molecule has 0 radical (unpaired) electrons. The zero-order valence-electron chi connectivity index (χ0n) is 7.36. The van der Waals surface area contributed by atoms with Gasteiger partial charge in [0.25, 0.3) is 0 Å². The van der Waals surface area contributed by atoms with Gasteiger partial charge < -0.3 is 15.3 Å². The van der Waals surface area contributed by atoms with E-state index in [1.807, 2.05) is 0 Å². The normalized spacial score (nSPS) is 19.9. The van der Waals surface area contributed by atoms with E-state index in [0.29, 0.717) is 6.42 Å². The highest BCUT2D eigenvalue weighted by molar-refractivity contribution is 4.76. The number of hydrogen-bond donors (Lipinski definition) is 3. The third-order valence-electron chi connectivity index (χ3n) is 1.85. The summed E-state index contributed by atoms with van der Waals surface area (Å²) in [6, 6.07) is 0. The molecule has 11 heavy (non-hydrogen) atoms. The molecule has 0 aliphatic rings. The first-order valence-electron chi connectivity index (χ1n) is 4.04. The average Bonchev–Trinajstić information content (AvgIpc) is 2.00. The van der Waals surface area contributed by atoms with Crippen LogP contribution in [-0.4, -0.2) is 33.6 Å². The van der Waals surface area contributed by atoms with Crippen molar-refractivity contribution in [3.05, 3.63) is 0 Å². The molecule has 0 aromatic rings. The van der Waals surface area contributed by atoms with E-state index in [1.54, 1.807) is 20.8 Å². The van der Waals surface area contributed by atoms with E-state index in [2.05, 4.69) is 0 Å². The predicted octanol–water partition coefficient (Wildman–Crippen LogP) is 0.135. The molecule has 0 aromatic carbocycles. The Morgan fingerprint density at radius 1 is 1.00 bits per heavy atom. The Kier molecular flexibility index (Phi) is 4.65. The largest absolute Gasteiger partial charge is 0.390 e. The number of aliphatic hydroxyl groups is 3. The van der Waals surface area contributed by atoms with Crippen molar-refractivity contribution in [1.29, 1.82) is 0 Å². The van der Waals surface area contributed by atoms with Crippen molar-refractivity contribution in [2.75, 3.05) is 0 Å². The first-order valence-corrected chi connectivity index (χ1v) is 4.04. The highest BCUT2D eigenvalue weighted by Crippen LogP contribution is 2.10. The molecule has 0 spiro atoms. The standard InChI is InChI=1S/C8H18O3/c1-4-6(9)8(11)7(10)5(2)3/h5-11H,4H2,1-3H3/t6-,7-,8-/m1/s1. The minimum absolute atomic E-state index is 0.0220. The molecule has 3 heteroatoms. The molecule has 0 aliphatic heterocycles. The number of rotatable bonds is 4. The SMILES string of the molecule is CC[C@@H](O)[C@@H](O)[C@H](O)C(C)C. The first kappa shape index (κ1) is 10.9. The fourth-order valence-electron chi connectivity index (χ4n) is 0.863. The summed E-state index contributed by atoms with van der Waals surface area (Å²) in [6.45, 7) is 5.37. The second-order valence-electron chi connectivity index (χ2n) is 3.20. The Bertz CT molecular complexity index is 104. The lowest BCUT2D eigenvalue weighted by Gasteiger charge is -2.24. The molecule has 0 rings (SSSR count). The zero-order valence-corrected chi connectivity index (χ0v) is 7.36. The first-order chi connectivity index (χ1) is 5.00. The summed E-state index contributed by atoms with van der Waals surface area (Å²) in [6.07, 6.45) is -2.19. The summed E-state index contributed by atoms with van der Waals surface area (Å²) >= 11 is 0. The second-order valence-corrected chi connectivity index (χ2v) is 3.20. The highest BCUT2D eigenvalue weighted by atomic mass is 16.4. The summed E-state index contributed by atoms with van der Waals surface area (Å²) in [5.41, 5.74) is 0. The topological polar surface area (TPSA) is 60.7 Å². The molecule has 0 aliphatic carbocycles. The van der Waals surface area contributed by atoms with Crippen LogP contribution in [0, 0.1) is 5.92 Å². The smallest absolute Gasteiger partial charge is 0.106 e. The van der Waals surface area contributed by atoms with Crippen LogP contribution < -0.4 is 0 Å². The van der Waals surface area contributed by atoms with Gasteiger partial charge in [0.15, 0.2) is 0 Å². The molecule has 3 atom stereocenters. The van der Waals surface area contributed by atoms with Crippen LogP contribution in [0.3, 0.4) is 0 Å². The van der Waals surface area contributed by atoms with Gasteiger partial charge in [-0.15, -0.1) is 0 Å². The summed E-state index contributed by atoms with van der Waals surface area (Å²) in [5.74, 6) is -0.0220. The molecular weight excluding hydrogens is 144 g/mol. The molecule has 0 saturated heterocycles. The van der Waals surface area contributed by atoms with Gasteiger partial charge in [0, 0.05) is 0 Å². The van der Waals surface area contributed by atoms with Crippen LogP contribution in [0.15, 0.2) is 0 Å². The van der Waals surface area contributed by atoms with Gasteiger partial charge in [-0.05, 0) is 12.3 Å². The van der Waals surface area contributed by atoms with Crippen LogP contribution in [-0.2, 0) is 0 Å². The summed E-state index contributed by atoms with van der Waals surface area (Å²) in [4.78, 5) is 0. The molecule has 0 heterocycles. The van der Waals surface area contributed by atoms with Gasteiger partial charge in [0.05, 0.1) is 12.2 Å². The maximum absolute atomic E-state index is 9.29. The van der Waals surface area contributed by atoms with Crippen molar-refractivity contribution in [2.24, 2.45) is 5.92 Å². The third kappa shape index (κ3) is 3.18. The Hall–Kier alpha value is -0.120. The lowest BCUT2D eigenvalue weighted by atomic mass is 9.97. The fraction of sp³-hybridized carbons (Fsp3) is 1.00. The number of aliphatic hydroxyl groups excluding tert-OH is 3. The van der Waals surface area contributed by atoms with Crippen LogP contribution in [0.4, 0.5) is 0 Å². The van der Waals surface area contributed by atoms with Gasteiger partial charge >= 0.3 is 0 Å². The second kappa shape index (κ2) is 4.70. The maximum atomic E-state index is 9.29. The van der Waals surface area contributed by atoms with Crippen LogP contribution in [0.25, 0.3) is 0 Å². The van der Waals surface area contributed by atoms with Gasteiger partial charge in [0.1, 0.15) is 6.10 Å². The molecule has 0 fully saturated rings. The molecule has 68 valence electrons. The van der Waals surface area contributed by atoms with E-state index in [9.17, 15) is 10.2 Å². The van der Waals surface area contributed by atoms with Gasteiger partial charge in [0.2, 0.25) is 0 Å². The van der Waals surface area contributed by atoms with Gasteiger partial charge in [-0.1, -0.05) is 20.8 Å². The van der Waals surface area contributed by atoms with Crippen molar-refractivity contribution in [3.8, 4) is 0 Å². The predicted molar refractivity (Wildman–Crippen MR) is 43.1 cm³/mol. The van der Waals surface area contributed by atoms with E-state index in [0.717, 1.165) is 0 Å². The molecule has 3 N–H and O–H groups in total. The fourth-order valence-corrected chi connectivity index (χ4v) is 0.863. The van der Waals surface area contributed by atoms with Crippen LogP contribution in [0.5, 0.6) is 0 Å². The highest BCUT2D eigenvalue weighted by Gasteiger charge is 2.25. The van der Waals surface area contributed by atoms with E-state index in [4.69, 9.17) is 5.11 Å². The van der Waals surface area contributed by atoms with Crippen molar-refractivity contribution in [3.63, 3.8) is 0 Å². The maximum Gasteiger partial charge on any atom is 0.106 e. The van der Waals surface area contributed by atoms with E-state index in [1.165, 1.54) is 0 Å². The molecular formula is C8H18O3. The Morgan fingerprint density at radius 2 is 1.45 bits per heavy atom. The third-order valence-corrected chi connectivity index (χ3v) is 1.85. The molecule has 0 bridgehead atoms. The van der Waals surface area contributed by atoms with Crippen molar-refractivity contribution in [2.45, 2.75) is 45.5 Å². The monoisotopic (exact) mass is 162 g/mol. The van der Waals surface area contributed by atoms with E-state index < -0.39 is 18.3 Å². The van der Waals surface area contributed by atoms with Crippen molar-refractivity contribution < 1.29 is 15.3 Å². The zero-order chi connectivity index (χ0) is 9.02. The van der Waals surface area contributed by atoms with E-state index in [-0.39, 0.29) is 5.92 Å². The molecule has 0 saturated carbocycles. The number of hydrogen-bond acceptors (Lipinski definition) is 3. The Labute approximate surface area is 67.7 Å². The van der Waals surface area contributed by atoms with E-state index >= 15 is 0 Å². The lowest BCUT2D eigenvalue weighted by Crippen LogP contribution is -2.39. The lowest BCUT2D eigenvalue weighted by molar-refractivity contribution is -0.0760. The van der Waals surface area contributed by atoms with Gasteiger partial charge in [-0.3, -0.25) is 0 Å². The van der Waals surface area contributed by atoms with Crippen LogP contribution in [0.2, 0.25) is 0 Å². The summed E-state index contributed by atoms with van der Waals surface area (Å²) in [7, 11) is 0. The molecule has 3 nitrogen and oxygen atoms in total. The van der Waals surface area contributed by atoms with Crippen molar-refractivity contribution in [1.82, 2.24) is 0 Å². The van der Waals surface area contributed by atoms with Crippen molar-refractivity contribution >= 4 is 0 Å². The molecule has 0 aromatic heterocycles. The molecule has 0 amide bonds. The van der Waals surface area contributed by atoms with Crippen LogP contribution >= 0.6 is 0 Å². The minimum atomic E-state index is -1.01. The minimum Gasteiger partial charge on any atom is -0.390 e. The molecule has 0 unspecified atom stereocenters. The van der Waals surface area contributed by atoms with Gasteiger partial charge in [-0.2, -0.15) is 0 Å². The Morgan fingerprint density at radius 3 is 1.73 bits per heavy atom. The Balaban J connectivity index is 3.90.